The minimum Gasteiger partial charge on any atom is -0.357 e. The maximum Gasteiger partial charge on any atom is 0.194 e. The highest BCUT2D eigenvalue weighted by Gasteiger charge is 2.20. The van der Waals surface area contributed by atoms with E-state index in [9.17, 15) is 0 Å². The Kier molecular flexibility index (Phi) is 6.31. The summed E-state index contributed by atoms with van der Waals surface area (Å²) in [6.07, 6.45) is 4.21. The predicted octanol–water partition coefficient (Wildman–Crippen LogP) is 1.97. The summed E-state index contributed by atoms with van der Waals surface area (Å²) in [5.41, 5.74) is 0. The fourth-order valence-electron chi connectivity index (χ4n) is 2.46. The van der Waals surface area contributed by atoms with Gasteiger partial charge in [0.05, 0.1) is 0 Å². The first-order valence-corrected chi connectivity index (χ1v) is 8.04. The average molecular weight is 289 g/mol. The van der Waals surface area contributed by atoms with E-state index in [1.165, 1.54) is 6.42 Å². The number of hydrogen-bond donors (Lipinski definition) is 1. The number of rotatable bonds is 5. The average Bonchev–Trinajstić information content (AvgIpc) is 2.55. The molecule has 21 heavy (non-hydrogen) atoms. The van der Waals surface area contributed by atoms with Gasteiger partial charge in [0.25, 0.3) is 0 Å². The van der Waals surface area contributed by atoms with Crippen LogP contribution in [0.1, 0.15) is 26.7 Å². The molecule has 1 aromatic rings. The summed E-state index contributed by atoms with van der Waals surface area (Å²) in [5, 5.41) is 3.41. The van der Waals surface area contributed by atoms with Crippen LogP contribution in [-0.2, 0) is 0 Å². The van der Waals surface area contributed by atoms with E-state index in [1.54, 1.807) is 0 Å². The third-order valence-corrected chi connectivity index (χ3v) is 3.66. The van der Waals surface area contributed by atoms with Gasteiger partial charge >= 0.3 is 0 Å². The summed E-state index contributed by atoms with van der Waals surface area (Å²) in [6.45, 7) is 10.1. The van der Waals surface area contributed by atoms with E-state index in [0.717, 1.165) is 57.5 Å². The van der Waals surface area contributed by atoms with Crippen molar-refractivity contribution in [1.82, 2.24) is 15.2 Å². The summed E-state index contributed by atoms with van der Waals surface area (Å²) in [6, 6.07) is 6.09. The number of anilines is 1. The van der Waals surface area contributed by atoms with Gasteiger partial charge in [-0.25, -0.2) is 4.98 Å². The van der Waals surface area contributed by atoms with Crippen molar-refractivity contribution in [2.75, 3.05) is 44.2 Å². The topological polar surface area (TPSA) is 43.8 Å². The quantitative estimate of drug-likeness (QED) is 0.511. The van der Waals surface area contributed by atoms with Crippen molar-refractivity contribution in [3.05, 3.63) is 24.4 Å². The maximum absolute atomic E-state index is 4.72. The van der Waals surface area contributed by atoms with E-state index in [0.29, 0.717) is 0 Å². The van der Waals surface area contributed by atoms with Gasteiger partial charge in [-0.3, -0.25) is 4.99 Å². The Hall–Kier alpha value is -1.78. The van der Waals surface area contributed by atoms with Crippen LogP contribution in [0.3, 0.4) is 0 Å². The highest BCUT2D eigenvalue weighted by atomic mass is 15.4. The molecule has 5 nitrogen and oxygen atoms in total. The number of guanidine groups is 1. The fraction of sp³-hybridized carbons (Fsp3) is 0.625. The molecule has 0 spiro atoms. The van der Waals surface area contributed by atoms with Gasteiger partial charge in [0.15, 0.2) is 5.96 Å². The van der Waals surface area contributed by atoms with Crippen molar-refractivity contribution >= 4 is 11.8 Å². The third-order valence-electron chi connectivity index (χ3n) is 3.66. The van der Waals surface area contributed by atoms with Gasteiger partial charge in [0.1, 0.15) is 5.82 Å². The zero-order valence-corrected chi connectivity index (χ0v) is 13.3. The van der Waals surface area contributed by atoms with E-state index < -0.39 is 0 Å². The number of pyridine rings is 1. The van der Waals surface area contributed by atoms with Gasteiger partial charge < -0.3 is 15.1 Å². The SMILES string of the molecule is CCCCN=C(NCC)N1CCN(c2ccccn2)CC1. The molecule has 1 aromatic heterocycles. The number of unbranched alkanes of at least 4 members (excludes halogenated alkanes) is 1. The van der Waals surface area contributed by atoms with Crippen molar-refractivity contribution in [2.45, 2.75) is 26.7 Å². The van der Waals surface area contributed by atoms with Gasteiger partial charge in [-0.2, -0.15) is 0 Å². The van der Waals surface area contributed by atoms with Crippen molar-refractivity contribution in [2.24, 2.45) is 4.99 Å². The van der Waals surface area contributed by atoms with E-state index in [4.69, 9.17) is 4.99 Å². The Balaban J connectivity index is 1.90. The highest BCUT2D eigenvalue weighted by molar-refractivity contribution is 5.80. The van der Waals surface area contributed by atoms with Crippen LogP contribution in [-0.4, -0.2) is 55.1 Å². The lowest BCUT2D eigenvalue weighted by Crippen LogP contribution is -2.52. The number of aromatic nitrogens is 1. The van der Waals surface area contributed by atoms with E-state index in [2.05, 4.69) is 40.0 Å². The van der Waals surface area contributed by atoms with Crippen LogP contribution >= 0.6 is 0 Å². The van der Waals surface area contributed by atoms with Gasteiger partial charge in [-0.15, -0.1) is 0 Å². The number of aliphatic imine (C=N–C) groups is 1. The summed E-state index contributed by atoms with van der Waals surface area (Å²) in [7, 11) is 0. The Morgan fingerprint density at radius 1 is 1.24 bits per heavy atom. The molecule has 5 heteroatoms. The molecule has 1 fully saturated rings. The number of nitrogens with one attached hydrogen (secondary N) is 1. The van der Waals surface area contributed by atoms with E-state index in [-0.39, 0.29) is 0 Å². The van der Waals surface area contributed by atoms with Crippen LogP contribution in [0.25, 0.3) is 0 Å². The highest BCUT2D eigenvalue weighted by Crippen LogP contribution is 2.12. The van der Waals surface area contributed by atoms with Crippen LogP contribution in [0, 0.1) is 0 Å². The second-order valence-corrected chi connectivity index (χ2v) is 5.25. The molecule has 1 aliphatic heterocycles. The largest absolute Gasteiger partial charge is 0.357 e. The second-order valence-electron chi connectivity index (χ2n) is 5.25. The molecule has 0 bridgehead atoms. The van der Waals surface area contributed by atoms with Crippen LogP contribution in [0.4, 0.5) is 5.82 Å². The Labute approximate surface area is 128 Å². The second kappa shape index (κ2) is 8.49. The molecular weight excluding hydrogens is 262 g/mol. The summed E-state index contributed by atoms with van der Waals surface area (Å²) in [5.74, 6) is 2.14. The summed E-state index contributed by atoms with van der Waals surface area (Å²) >= 11 is 0. The van der Waals surface area contributed by atoms with Crippen molar-refractivity contribution in [3.63, 3.8) is 0 Å². The standard InChI is InChI=1S/C16H27N5/c1-3-5-9-19-16(17-4-2)21-13-11-20(12-14-21)15-8-6-7-10-18-15/h6-8,10H,3-5,9,11-14H2,1-2H3,(H,17,19). The predicted molar refractivity (Wildman–Crippen MR) is 88.9 cm³/mol. The first-order chi connectivity index (χ1) is 10.3. The lowest BCUT2D eigenvalue weighted by Gasteiger charge is -2.37. The van der Waals surface area contributed by atoms with Crippen LogP contribution in [0.15, 0.2) is 29.4 Å². The zero-order valence-electron chi connectivity index (χ0n) is 13.3. The molecule has 0 unspecified atom stereocenters. The van der Waals surface area contributed by atoms with Gasteiger partial charge in [0.2, 0.25) is 0 Å². The van der Waals surface area contributed by atoms with Crippen LogP contribution < -0.4 is 10.2 Å². The van der Waals surface area contributed by atoms with Crippen LogP contribution in [0.2, 0.25) is 0 Å². The zero-order chi connectivity index (χ0) is 14.9. The molecule has 0 radical (unpaired) electrons. The van der Waals surface area contributed by atoms with Crippen molar-refractivity contribution in [1.29, 1.82) is 0 Å². The van der Waals surface area contributed by atoms with Gasteiger partial charge in [0, 0.05) is 45.5 Å². The molecule has 1 aliphatic rings. The molecule has 0 saturated carbocycles. The molecule has 116 valence electrons. The smallest absolute Gasteiger partial charge is 0.194 e. The Morgan fingerprint density at radius 3 is 2.67 bits per heavy atom. The van der Waals surface area contributed by atoms with Crippen molar-refractivity contribution < 1.29 is 0 Å². The van der Waals surface area contributed by atoms with E-state index >= 15 is 0 Å². The molecule has 0 aliphatic carbocycles. The Bertz CT molecular complexity index is 424. The summed E-state index contributed by atoms with van der Waals surface area (Å²) in [4.78, 5) is 13.9. The van der Waals surface area contributed by atoms with Gasteiger partial charge in [-0.05, 0) is 25.5 Å². The number of nitrogens with zero attached hydrogens (tertiary/aromatic N) is 4. The minimum absolute atomic E-state index is 0.916. The maximum atomic E-state index is 4.72. The molecule has 0 aromatic carbocycles. The van der Waals surface area contributed by atoms with E-state index in [1.807, 2.05) is 18.3 Å². The van der Waals surface area contributed by atoms with Crippen LogP contribution in [0.5, 0.6) is 0 Å². The van der Waals surface area contributed by atoms with Gasteiger partial charge in [-0.1, -0.05) is 19.4 Å². The number of hydrogen-bond acceptors (Lipinski definition) is 3. The summed E-state index contributed by atoms with van der Waals surface area (Å²) < 4.78 is 0. The lowest BCUT2D eigenvalue weighted by atomic mass is 10.3. The normalized spacial score (nSPS) is 16.2. The third kappa shape index (κ3) is 4.62. The first kappa shape index (κ1) is 15.6. The molecule has 1 saturated heterocycles. The fourth-order valence-corrected chi connectivity index (χ4v) is 2.46. The minimum atomic E-state index is 0.916. The van der Waals surface area contributed by atoms with Crippen molar-refractivity contribution in [3.8, 4) is 0 Å². The molecule has 1 N–H and O–H groups in total. The lowest BCUT2D eigenvalue weighted by molar-refractivity contribution is 0.371. The molecule has 2 rings (SSSR count). The monoisotopic (exact) mass is 289 g/mol. The molecular formula is C16H27N5. The molecule has 0 amide bonds. The first-order valence-electron chi connectivity index (χ1n) is 8.04. The molecule has 2 heterocycles. The molecule has 0 atom stereocenters. The number of piperazine rings is 1. The Morgan fingerprint density at radius 2 is 2.05 bits per heavy atom.